The number of benzene rings is 2. The van der Waals surface area contributed by atoms with Crippen molar-refractivity contribution in [2.24, 2.45) is 0 Å². The second-order valence-electron chi connectivity index (χ2n) is 5.94. The molecule has 1 heterocycles. The van der Waals surface area contributed by atoms with Gasteiger partial charge in [0.2, 0.25) is 0 Å². The van der Waals surface area contributed by atoms with E-state index in [1.807, 2.05) is 5.32 Å². The van der Waals surface area contributed by atoms with Crippen molar-refractivity contribution in [1.82, 2.24) is 9.78 Å². The minimum Gasteiger partial charge on any atom is -0.322 e. The minimum atomic E-state index is -5.05. The highest BCUT2D eigenvalue weighted by molar-refractivity contribution is 6.30. The second kappa shape index (κ2) is 7.63. The Kier molecular flexibility index (Phi) is 5.50. The topological polar surface area (TPSA) is 46.9 Å². The predicted octanol–water partition coefficient (Wildman–Crippen LogP) is 5.95. The fourth-order valence-corrected chi connectivity index (χ4v) is 2.71. The van der Waals surface area contributed by atoms with Crippen LogP contribution in [-0.4, -0.2) is 15.7 Å². The van der Waals surface area contributed by atoms with Crippen LogP contribution in [0.15, 0.2) is 48.7 Å². The number of nitrogens with zero attached hydrogens (tertiary/aromatic N) is 2. The Labute approximate surface area is 168 Å². The van der Waals surface area contributed by atoms with E-state index in [0.717, 1.165) is 6.07 Å². The molecular weight excluding hydrogens is 443 g/mol. The van der Waals surface area contributed by atoms with Crippen molar-refractivity contribution in [3.8, 4) is 5.69 Å². The molecule has 0 bridgehead atoms. The first-order valence-electron chi connectivity index (χ1n) is 7.97. The van der Waals surface area contributed by atoms with E-state index in [0.29, 0.717) is 16.9 Å². The molecule has 0 radical (unpaired) electrons. The van der Waals surface area contributed by atoms with Crippen LogP contribution in [0.5, 0.6) is 0 Å². The van der Waals surface area contributed by atoms with Gasteiger partial charge in [-0.2, -0.15) is 31.4 Å². The number of rotatable bonds is 3. The van der Waals surface area contributed by atoms with Crippen molar-refractivity contribution in [2.75, 3.05) is 5.32 Å². The Balaban J connectivity index is 2.00. The first-order valence-corrected chi connectivity index (χ1v) is 8.35. The highest BCUT2D eigenvalue weighted by Gasteiger charge is 2.41. The number of carbonyl (C=O) groups excluding carboxylic acids is 1. The van der Waals surface area contributed by atoms with Gasteiger partial charge in [0, 0.05) is 10.7 Å². The summed E-state index contributed by atoms with van der Waals surface area (Å²) in [5.74, 6) is -2.96. The van der Waals surface area contributed by atoms with Crippen LogP contribution in [0.1, 0.15) is 21.6 Å². The molecule has 4 nitrogen and oxygen atoms in total. The number of anilines is 1. The van der Waals surface area contributed by atoms with Crippen molar-refractivity contribution in [1.29, 1.82) is 0 Å². The molecular formula is C18H9ClF7N3O. The van der Waals surface area contributed by atoms with E-state index < -0.39 is 46.6 Å². The molecule has 3 rings (SSSR count). The number of carbonyl (C=O) groups is 1. The molecule has 0 aliphatic heterocycles. The fourth-order valence-electron chi connectivity index (χ4n) is 2.58. The third-order valence-electron chi connectivity index (χ3n) is 3.88. The lowest BCUT2D eigenvalue weighted by molar-refractivity contribution is -0.143. The van der Waals surface area contributed by atoms with Crippen molar-refractivity contribution < 1.29 is 35.5 Å². The molecule has 0 spiro atoms. The van der Waals surface area contributed by atoms with Crippen LogP contribution in [0.2, 0.25) is 5.02 Å². The summed E-state index contributed by atoms with van der Waals surface area (Å²) in [5, 5.41) is 5.73. The van der Waals surface area contributed by atoms with Crippen molar-refractivity contribution in [3.05, 3.63) is 76.3 Å². The predicted molar refractivity (Wildman–Crippen MR) is 92.9 cm³/mol. The molecule has 0 fully saturated rings. The summed E-state index contributed by atoms with van der Waals surface area (Å²) in [7, 11) is 0. The molecule has 158 valence electrons. The van der Waals surface area contributed by atoms with E-state index in [2.05, 4.69) is 5.10 Å². The van der Waals surface area contributed by atoms with Crippen LogP contribution >= 0.6 is 11.6 Å². The summed E-state index contributed by atoms with van der Waals surface area (Å²) in [5.41, 5.74) is -4.64. The largest absolute Gasteiger partial charge is 0.434 e. The highest BCUT2D eigenvalue weighted by Crippen LogP contribution is 2.35. The smallest absolute Gasteiger partial charge is 0.322 e. The lowest BCUT2D eigenvalue weighted by Crippen LogP contribution is -2.21. The number of alkyl halides is 6. The maximum Gasteiger partial charge on any atom is 0.434 e. The first-order chi connectivity index (χ1) is 13.9. The summed E-state index contributed by atoms with van der Waals surface area (Å²) < 4.78 is 93.1. The lowest BCUT2D eigenvalue weighted by atomic mass is 10.1. The normalized spacial score (nSPS) is 12.1. The number of aromatic nitrogens is 2. The maximum atomic E-state index is 13.6. The molecule has 12 heteroatoms. The van der Waals surface area contributed by atoms with Gasteiger partial charge >= 0.3 is 12.4 Å². The van der Waals surface area contributed by atoms with Gasteiger partial charge in [-0.3, -0.25) is 4.79 Å². The van der Waals surface area contributed by atoms with Gasteiger partial charge < -0.3 is 5.32 Å². The average molecular weight is 452 g/mol. The first kappa shape index (κ1) is 21.6. The maximum absolute atomic E-state index is 13.6. The third-order valence-corrected chi connectivity index (χ3v) is 4.14. The average Bonchev–Trinajstić information content (AvgIpc) is 3.08. The van der Waals surface area contributed by atoms with Crippen LogP contribution in [-0.2, 0) is 12.4 Å². The summed E-state index contributed by atoms with van der Waals surface area (Å²) >= 11 is 5.71. The molecule has 0 saturated carbocycles. The van der Waals surface area contributed by atoms with Crippen LogP contribution in [0.4, 0.5) is 36.4 Å². The van der Waals surface area contributed by atoms with Gasteiger partial charge in [0.05, 0.1) is 23.0 Å². The van der Waals surface area contributed by atoms with E-state index >= 15 is 0 Å². The zero-order chi connectivity index (χ0) is 22.3. The Morgan fingerprint density at radius 1 is 0.967 bits per heavy atom. The van der Waals surface area contributed by atoms with Crippen molar-refractivity contribution in [2.45, 2.75) is 12.4 Å². The van der Waals surface area contributed by atoms with Crippen LogP contribution in [0.25, 0.3) is 5.69 Å². The minimum absolute atomic E-state index is 0.0492. The molecule has 1 aromatic heterocycles. The highest BCUT2D eigenvalue weighted by atomic mass is 35.5. The Bertz CT molecular complexity index is 1090. The van der Waals surface area contributed by atoms with Gasteiger partial charge in [-0.15, -0.1) is 0 Å². The second-order valence-corrected chi connectivity index (χ2v) is 6.38. The molecule has 2 aromatic carbocycles. The summed E-state index contributed by atoms with van der Waals surface area (Å²) in [6.45, 7) is 0. The SMILES string of the molecule is O=C(Nc1ccc(F)c(C(F)(F)F)c1)c1cnn(-c2ccc(Cl)cc2)c1C(F)(F)F. The fraction of sp³-hybridized carbons (Fsp3) is 0.111. The molecule has 0 aliphatic rings. The monoisotopic (exact) mass is 451 g/mol. The van der Waals surface area contributed by atoms with Crippen molar-refractivity contribution >= 4 is 23.2 Å². The van der Waals surface area contributed by atoms with E-state index in [1.165, 1.54) is 24.3 Å². The quantitative estimate of drug-likeness (QED) is 0.500. The van der Waals surface area contributed by atoms with Gasteiger partial charge in [0.15, 0.2) is 5.69 Å². The zero-order valence-electron chi connectivity index (χ0n) is 14.4. The lowest BCUT2D eigenvalue weighted by Gasteiger charge is -2.14. The number of halogens is 8. The van der Waals surface area contributed by atoms with Crippen LogP contribution in [0, 0.1) is 5.82 Å². The zero-order valence-corrected chi connectivity index (χ0v) is 15.2. The van der Waals surface area contributed by atoms with E-state index in [9.17, 15) is 35.5 Å². The standard InChI is InChI=1S/C18H9ClF7N3O/c19-9-1-4-11(5-2-9)29-15(18(24,25)26)12(8-27-29)16(30)28-10-3-6-14(20)13(7-10)17(21,22)23/h1-8H,(H,28,30). The van der Waals surface area contributed by atoms with E-state index in [1.54, 1.807) is 0 Å². The van der Waals surface area contributed by atoms with Gasteiger partial charge in [-0.1, -0.05) is 11.6 Å². The van der Waals surface area contributed by atoms with Gasteiger partial charge in [0.25, 0.3) is 5.91 Å². The van der Waals surface area contributed by atoms with Crippen molar-refractivity contribution in [3.63, 3.8) is 0 Å². The number of hydrogen-bond acceptors (Lipinski definition) is 2. The Hall–Kier alpha value is -3.08. The molecule has 0 aliphatic carbocycles. The Morgan fingerprint density at radius 3 is 2.17 bits per heavy atom. The molecule has 0 saturated heterocycles. The van der Waals surface area contributed by atoms with Crippen LogP contribution < -0.4 is 5.32 Å². The summed E-state index contributed by atoms with van der Waals surface area (Å²) in [4.78, 5) is 12.4. The molecule has 0 atom stereocenters. The van der Waals surface area contributed by atoms with E-state index in [-0.39, 0.29) is 16.8 Å². The van der Waals surface area contributed by atoms with Crippen LogP contribution in [0.3, 0.4) is 0 Å². The summed E-state index contributed by atoms with van der Waals surface area (Å²) in [6, 6.07) is 6.62. The Morgan fingerprint density at radius 2 is 1.60 bits per heavy atom. The number of nitrogens with one attached hydrogen (secondary N) is 1. The molecule has 1 amide bonds. The summed E-state index contributed by atoms with van der Waals surface area (Å²) in [6.07, 6.45) is -9.45. The molecule has 3 aromatic rings. The van der Waals surface area contributed by atoms with Gasteiger partial charge in [0.1, 0.15) is 5.82 Å². The molecule has 0 unspecified atom stereocenters. The number of amides is 1. The molecule has 1 N–H and O–H groups in total. The molecule has 30 heavy (non-hydrogen) atoms. The van der Waals surface area contributed by atoms with Gasteiger partial charge in [-0.05, 0) is 42.5 Å². The van der Waals surface area contributed by atoms with Gasteiger partial charge in [-0.25, -0.2) is 9.07 Å². The third kappa shape index (κ3) is 4.40. The number of hydrogen-bond donors (Lipinski definition) is 1. The van der Waals surface area contributed by atoms with E-state index in [4.69, 9.17) is 11.6 Å².